The fourth-order valence-corrected chi connectivity index (χ4v) is 3.98. The molecule has 11 heteroatoms. The minimum Gasteiger partial charge on any atom is -0.474 e. The van der Waals surface area contributed by atoms with Crippen LogP contribution in [0.5, 0.6) is 5.88 Å². The highest BCUT2D eigenvalue weighted by Gasteiger charge is 2.31. The first kappa shape index (κ1) is 25.5. The van der Waals surface area contributed by atoms with Gasteiger partial charge in [-0.05, 0) is 51.8 Å². The van der Waals surface area contributed by atoms with E-state index in [4.69, 9.17) is 17.9 Å². The van der Waals surface area contributed by atoms with Crippen molar-refractivity contribution in [1.29, 1.82) is 0 Å². The predicted octanol–water partition coefficient (Wildman–Crippen LogP) is 3.73. The molecule has 34 heavy (non-hydrogen) atoms. The van der Waals surface area contributed by atoms with Crippen molar-refractivity contribution in [1.82, 2.24) is 14.9 Å². The fraction of sp³-hybridized carbons (Fsp3) is 0.522. The van der Waals surface area contributed by atoms with Crippen molar-refractivity contribution in [3.05, 3.63) is 41.5 Å². The van der Waals surface area contributed by atoms with Crippen LogP contribution in [0.15, 0.2) is 24.5 Å². The number of benzene rings is 1. The summed E-state index contributed by atoms with van der Waals surface area (Å²) >= 11 is -0.750. The normalized spacial score (nSPS) is 15.8. The Balaban J connectivity index is 0.00000103. The number of rotatable bonds is 3. The van der Waals surface area contributed by atoms with E-state index in [1.165, 1.54) is 12.4 Å². The number of piperidine rings is 1. The van der Waals surface area contributed by atoms with E-state index in [0.717, 1.165) is 11.1 Å². The van der Waals surface area contributed by atoms with Gasteiger partial charge in [0.2, 0.25) is 5.88 Å². The first-order valence-corrected chi connectivity index (χ1v) is 11.7. The lowest BCUT2D eigenvalue weighted by Gasteiger charge is -2.33. The van der Waals surface area contributed by atoms with Crippen molar-refractivity contribution in [2.75, 3.05) is 24.5 Å². The first-order valence-electron chi connectivity index (χ1n) is 11.1. The Morgan fingerprint density at radius 3 is 2.44 bits per heavy atom. The van der Waals surface area contributed by atoms with Gasteiger partial charge in [-0.1, -0.05) is 6.07 Å². The van der Waals surface area contributed by atoms with E-state index in [1.54, 1.807) is 11.0 Å². The fourth-order valence-electron chi connectivity index (χ4n) is 3.98. The molecular weight excluding hydrogens is 463 g/mol. The zero-order valence-corrected chi connectivity index (χ0v) is 20.6. The number of ether oxygens (including phenoxy) is 2. The minimum absolute atomic E-state index is 0.0390. The van der Waals surface area contributed by atoms with Crippen molar-refractivity contribution in [2.24, 2.45) is 0 Å². The van der Waals surface area contributed by atoms with Crippen LogP contribution in [0, 0.1) is 12.7 Å². The van der Waals surface area contributed by atoms with Gasteiger partial charge in [-0.15, -0.1) is 0 Å². The number of hydrogen-bond donors (Lipinski definition) is 0. The molecule has 1 fully saturated rings. The van der Waals surface area contributed by atoms with Gasteiger partial charge >= 0.3 is 17.7 Å². The van der Waals surface area contributed by atoms with E-state index >= 15 is 0 Å². The zero-order chi connectivity index (χ0) is 24.9. The van der Waals surface area contributed by atoms with Crippen LogP contribution in [-0.4, -0.2) is 60.7 Å². The smallest absolute Gasteiger partial charge is 0.410 e. The molecule has 1 aromatic heterocycles. The van der Waals surface area contributed by atoms with Gasteiger partial charge in [-0.25, -0.2) is 19.2 Å². The highest BCUT2D eigenvalue weighted by atomic mass is 32.1. The molecule has 0 saturated carbocycles. The molecule has 2 aromatic rings. The molecule has 9 nitrogen and oxygen atoms in total. The summed E-state index contributed by atoms with van der Waals surface area (Å²) in [6.45, 7) is 9.24. The van der Waals surface area contributed by atoms with Crippen LogP contribution in [0.2, 0.25) is 0 Å². The van der Waals surface area contributed by atoms with Crippen LogP contribution in [0.1, 0.15) is 44.7 Å². The van der Waals surface area contributed by atoms with Gasteiger partial charge in [0.1, 0.15) is 29.7 Å². The molecule has 3 heterocycles. The number of aryl methyl sites for hydroxylation is 1. The molecule has 1 aromatic carbocycles. The molecule has 2 aliphatic rings. The van der Waals surface area contributed by atoms with Gasteiger partial charge in [0.15, 0.2) is 0 Å². The SMILES string of the molecule is Cc1ccc(N2CCc3c(OC4CCN(C(=O)OC(C)(C)C)CC4)ncnc32)c(F)c1.O=S=O. The van der Waals surface area contributed by atoms with Gasteiger partial charge in [0.25, 0.3) is 0 Å². The van der Waals surface area contributed by atoms with Gasteiger partial charge < -0.3 is 19.3 Å². The average Bonchev–Trinajstić information content (AvgIpc) is 3.19. The van der Waals surface area contributed by atoms with E-state index in [0.29, 0.717) is 56.3 Å². The lowest BCUT2D eigenvalue weighted by Crippen LogP contribution is -2.44. The summed E-state index contributed by atoms with van der Waals surface area (Å²) in [5, 5.41) is 0. The number of halogens is 1. The third kappa shape index (κ3) is 6.28. The van der Waals surface area contributed by atoms with Crippen molar-refractivity contribution in [2.45, 2.75) is 58.7 Å². The van der Waals surface area contributed by atoms with Gasteiger partial charge in [0.05, 0.1) is 11.3 Å². The summed E-state index contributed by atoms with van der Waals surface area (Å²) in [5.41, 5.74) is 1.79. The van der Waals surface area contributed by atoms with Crippen LogP contribution in [0.25, 0.3) is 0 Å². The number of anilines is 2. The van der Waals surface area contributed by atoms with Crippen LogP contribution in [-0.2, 0) is 22.7 Å². The topological polar surface area (TPSA) is 102 Å². The molecule has 0 aliphatic carbocycles. The maximum Gasteiger partial charge on any atom is 0.410 e. The highest BCUT2D eigenvalue weighted by Crippen LogP contribution is 2.38. The second kappa shape index (κ2) is 10.9. The van der Waals surface area contributed by atoms with Crippen LogP contribution < -0.4 is 9.64 Å². The van der Waals surface area contributed by atoms with Gasteiger partial charge in [0, 0.05) is 32.5 Å². The van der Waals surface area contributed by atoms with E-state index in [2.05, 4.69) is 9.97 Å². The van der Waals surface area contributed by atoms with Gasteiger partial charge in [-0.3, -0.25) is 0 Å². The molecule has 0 N–H and O–H groups in total. The number of likely N-dealkylation sites (tertiary alicyclic amines) is 1. The molecule has 0 atom stereocenters. The first-order chi connectivity index (χ1) is 16.1. The lowest BCUT2D eigenvalue weighted by atomic mass is 10.1. The van der Waals surface area contributed by atoms with E-state index in [-0.39, 0.29) is 18.0 Å². The van der Waals surface area contributed by atoms with Crippen LogP contribution in [0.4, 0.5) is 20.7 Å². The van der Waals surface area contributed by atoms with Crippen molar-refractivity contribution < 1.29 is 27.1 Å². The molecule has 4 rings (SSSR count). The number of carbonyl (C=O) groups is 1. The molecule has 0 bridgehead atoms. The highest BCUT2D eigenvalue weighted by molar-refractivity contribution is 7.51. The summed E-state index contributed by atoms with van der Waals surface area (Å²) < 4.78 is 42.8. The number of carbonyl (C=O) groups excluding carboxylic acids is 1. The van der Waals surface area contributed by atoms with Crippen LogP contribution in [0.3, 0.4) is 0 Å². The average molecular weight is 493 g/mol. The number of nitrogens with zero attached hydrogens (tertiary/aromatic N) is 4. The number of fused-ring (bicyclic) bond motifs is 1. The molecule has 0 radical (unpaired) electrons. The molecule has 1 amide bonds. The van der Waals surface area contributed by atoms with Gasteiger partial charge in [-0.2, -0.15) is 8.42 Å². The van der Waals surface area contributed by atoms with Crippen LogP contribution >= 0.6 is 0 Å². The molecule has 1 saturated heterocycles. The summed E-state index contributed by atoms with van der Waals surface area (Å²) in [4.78, 5) is 24.6. The number of aromatic nitrogens is 2. The third-order valence-electron chi connectivity index (χ3n) is 5.49. The molecule has 2 aliphatic heterocycles. The molecule has 184 valence electrons. The predicted molar refractivity (Wildman–Crippen MR) is 124 cm³/mol. The van der Waals surface area contributed by atoms with E-state index in [1.807, 2.05) is 38.7 Å². The Labute approximate surface area is 201 Å². The largest absolute Gasteiger partial charge is 0.474 e. The minimum atomic E-state index is -0.750. The van der Waals surface area contributed by atoms with E-state index < -0.39 is 17.2 Å². The maximum atomic E-state index is 14.5. The second-order valence-corrected chi connectivity index (χ2v) is 9.33. The van der Waals surface area contributed by atoms with E-state index in [9.17, 15) is 9.18 Å². The van der Waals surface area contributed by atoms with Crippen molar-refractivity contribution >= 4 is 29.2 Å². The Kier molecular flexibility index (Phi) is 8.19. The number of hydrogen-bond acceptors (Lipinski definition) is 8. The maximum absolute atomic E-state index is 14.5. The molecule has 0 unspecified atom stereocenters. The second-order valence-electron chi connectivity index (χ2n) is 9.19. The number of amides is 1. The summed E-state index contributed by atoms with van der Waals surface area (Å²) in [6, 6.07) is 5.21. The molecule has 0 spiro atoms. The summed E-state index contributed by atoms with van der Waals surface area (Å²) in [5.74, 6) is 0.984. The molecular formula is C23H29FN4O5S. The van der Waals surface area contributed by atoms with Crippen molar-refractivity contribution in [3.8, 4) is 5.88 Å². The Morgan fingerprint density at radius 1 is 1.15 bits per heavy atom. The van der Waals surface area contributed by atoms with Crippen molar-refractivity contribution in [3.63, 3.8) is 0 Å². The monoisotopic (exact) mass is 492 g/mol. The lowest BCUT2D eigenvalue weighted by molar-refractivity contribution is 0.0122. The quantitative estimate of drug-likeness (QED) is 0.639. The zero-order valence-electron chi connectivity index (χ0n) is 19.7. The summed E-state index contributed by atoms with van der Waals surface area (Å²) in [6.07, 6.45) is 3.24. The standard InChI is InChI=1S/C23H29FN4O3.O2S/c1-15-5-6-19(18(24)13-15)28-12-9-17-20(28)25-14-26-21(17)30-16-7-10-27(11-8-16)22(29)31-23(2,3)4;1-3-2/h5-6,13-14,16H,7-12H2,1-4H3;. The summed E-state index contributed by atoms with van der Waals surface area (Å²) in [7, 11) is 0. The Bertz CT molecular complexity index is 1060. The Hall–Kier alpha value is -3.08. The Morgan fingerprint density at radius 2 is 1.82 bits per heavy atom. The third-order valence-corrected chi connectivity index (χ3v) is 5.49.